The van der Waals surface area contributed by atoms with Gasteiger partial charge in [0.2, 0.25) is 0 Å². The van der Waals surface area contributed by atoms with Gasteiger partial charge in [-0.05, 0) is 139 Å². The maximum Gasteiger partial charge on any atom is 0.0713 e. The fraction of sp³-hybridized carbons (Fsp3) is 0.0270. The van der Waals surface area contributed by atoms with Crippen LogP contribution in [-0.4, -0.2) is 4.57 Å². The summed E-state index contributed by atoms with van der Waals surface area (Å²) in [4.78, 5) is 2.42. The number of fused-ring (bicyclic) bond motifs is 9. The van der Waals surface area contributed by atoms with Crippen LogP contribution >= 0.6 is 0 Å². The third kappa shape index (κ3) is 6.41. The minimum absolute atomic E-state index is 0.488. The molecule has 2 aliphatic carbocycles. The molecule has 12 aromatic carbocycles. The first-order chi connectivity index (χ1) is 37.7. The maximum absolute atomic E-state index is 2.42. The number of rotatable bonds is 9. The highest BCUT2D eigenvalue weighted by molar-refractivity contribution is 6.09. The number of hydrogen-bond donors (Lipinski definition) is 0. The molecular formula is C74H50N2. The zero-order valence-electron chi connectivity index (χ0n) is 41.8. The molecular weight excluding hydrogens is 917 g/mol. The highest BCUT2D eigenvalue weighted by atomic mass is 15.1. The van der Waals surface area contributed by atoms with E-state index in [0.29, 0.717) is 0 Å². The summed E-state index contributed by atoms with van der Waals surface area (Å²) in [5.41, 5.74) is 23.5. The van der Waals surface area contributed by atoms with Crippen molar-refractivity contribution in [3.8, 4) is 39.1 Å². The smallest absolute Gasteiger partial charge is 0.0713 e. The molecule has 0 N–H and O–H groups in total. The molecule has 0 saturated carbocycles. The summed E-state index contributed by atoms with van der Waals surface area (Å²) in [7, 11) is 0. The van der Waals surface area contributed by atoms with E-state index in [9.17, 15) is 0 Å². The van der Waals surface area contributed by atoms with Crippen molar-refractivity contribution in [1.82, 2.24) is 4.57 Å². The molecule has 1 aromatic heterocycles. The number of para-hydroxylation sites is 2. The number of hydrogen-bond acceptors (Lipinski definition) is 1. The van der Waals surface area contributed by atoms with Crippen molar-refractivity contribution in [2.75, 3.05) is 4.90 Å². The van der Waals surface area contributed by atoms with Crippen molar-refractivity contribution in [3.05, 3.63) is 348 Å². The SMILES string of the molecule is c1ccc(C2(c3ccc(N(c4ccc(-c5ccc(-n6c7ccccc7c7ccccc76)cc5)cc4)c4ccc(C5(c6ccccc6)c6ccccc6-c6ccccc65)cc4)cc3)c3ccccc3-c3ccccc32)cc1. The quantitative estimate of drug-likeness (QED) is 0.140. The highest BCUT2D eigenvalue weighted by Gasteiger charge is 2.47. The Morgan fingerprint density at radius 2 is 0.526 bits per heavy atom. The fourth-order valence-corrected chi connectivity index (χ4v) is 13.4. The van der Waals surface area contributed by atoms with Crippen molar-refractivity contribution < 1.29 is 0 Å². The van der Waals surface area contributed by atoms with E-state index in [0.717, 1.165) is 28.3 Å². The second kappa shape index (κ2) is 17.4. The zero-order valence-corrected chi connectivity index (χ0v) is 41.8. The van der Waals surface area contributed by atoms with Gasteiger partial charge in [-0.25, -0.2) is 0 Å². The average Bonchev–Trinajstić information content (AvgIpc) is 4.30. The standard InChI is InChI=1S/C74H50N2/c1-3-19-53(20-4-1)73(67-29-13-7-23-61(67)62-24-8-14-30-68(62)73)55-39-47-58(48-40-55)75(57-43-35-51(36-44-57)52-37-45-60(46-38-52)76-71-33-17-11-27-65(71)66-28-12-18-34-72(66)76)59-49-41-56(42-50-59)74(54-21-5-2-6-22-54)69-31-15-9-25-63(69)64-26-10-16-32-70(64)74/h1-50H. The first-order valence-corrected chi connectivity index (χ1v) is 26.4. The Labute approximate surface area is 443 Å². The molecule has 0 fully saturated rings. The number of anilines is 3. The number of aromatic nitrogens is 1. The largest absolute Gasteiger partial charge is 0.311 e. The first-order valence-electron chi connectivity index (χ1n) is 26.4. The van der Waals surface area contributed by atoms with Gasteiger partial charge in [0.05, 0.1) is 21.9 Å². The van der Waals surface area contributed by atoms with Crippen LogP contribution in [0.4, 0.5) is 17.1 Å². The molecule has 2 nitrogen and oxygen atoms in total. The lowest BCUT2D eigenvalue weighted by atomic mass is 9.67. The van der Waals surface area contributed by atoms with Gasteiger partial charge in [0.25, 0.3) is 0 Å². The van der Waals surface area contributed by atoms with E-state index in [-0.39, 0.29) is 0 Å². The van der Waals surface area contributed by atoms with Crippen molar-refractivity contribution in [1.29, 1.82) is 0 Å². The first kappa shape index (κ1) is 43.8. The monoisotopic (exact) mass is 966 g/mol. The van der Waals surface area contributed by atoms with E-state index < -0.39 is 10.8 Å². The molecule has 0 aliphatic heterocycles. The van der Waals surface area contributed by atoms with Gasteiger partial charge in [-0.15, -0.1) is 0 Å². The van der Waals surface area contributed by atoms with Gasteiger partial charge in [-0.2, -0.15) is 0 Å². The molecule has 15 rings (SSSR count). The lowest BCUT2D eigenvalue weighted by Crippen LogP contribution is -2.28. The van der Waals surface area contributed by atoms with Crippen LogP contribution < -0.4 is 4.90 Å². The Hall–Kier alpha value is -9.76. The molecule has 13 aromatic rings. The predicted molar refractivity (Wildman–Crippen MR) is 316 cm³/mol. The van der Waals surface area contributed by atoms with E-state index in [1.807, 2.05) is 0 Å². The Bertz CT molecular complexity index is 3980. The van der Waals surface area contributed by atoms with E-state index in [1.165, 1.54) is 94.1 Å². The summed E-state index contributed by atoms with van der Waals surface area (Å²) < 4.78 is 2.38. The third-order valence-electron chi connectivity index (χ3n) is 16.6. The van der Waals surface area contributed by atoms with Crippen LogP contribution in [0.15, 0.2) is 303 Å². The number of nitrogens with zero attached hydrogens (tertiary/aromatic N) is 2. The van der Waals surface area contributed by atoms with Gasteiger partial charge in [-0.3, -0.25) is 0 Å². The summed E-state index contributed by atoms with van der Waals surface area (Å²) in [6, 6.07) is 112. The summed E-state index contributed by atoms with van der Waals surface area (Å²) in [6.45, 7) is 0. The molecule has 76 heavy (non-hydrogen) atoms. The molecule has 0 atom stereocenters. The normalized spacial score (nSPS) is 13.5. The molecule has 0 unspecified atom stereocenters. The highest BCUT2D eigenvalue weighted by Crippen LogP contribution is 2.58. The summed E-state index contributed by atoms with van der Waals surface area (Å²) in [5.74, 6) is 0. The van der Waals surface area contributed by atoms with Crippen molar-refractivity contribution in [2.24, 2.45) is 0 Å². The zero-order chi connectivity index (χ0) is 50.2. The van der Waals surface area contributed by atoms with Gasteiger partial charge >= 0.3 is 0 Å². The Morgan fingerprint density at radius 3 is 0.908 bits per heavy atom. The minimum Gasteiger partial charge on any atom is -0.311 e. The molecule has 0 bridgehead atoms. The van der Waals surface area contributed by atoms with Crippen molar-refractivity contribution >= 4 is 38.9 Å². The molecule has 356 valence electrons. The van der Waals surface area contributed by atoms with Crippen LogP contribution in [0.25, 0.3) is 60.9 Å². The molecule has 0 spiro atoms. The molecule has 0 amide bonds. The van der Waals surface area contributed by atoms with Crippen LogP contribution in [0.5, 0.6) is 0 Å². The van der Waals surface area contributed by atoms with Gasteiger partial charge in [0.15, 0.2) is 0 Å². The third-order valence-corrected chi connectivity index (χ3v) is 16.6. The molecule has 1 heterocycles. The lowest BCUT2D eigenvalue weighted by molar-refractivity contribution is 0.768. The average molecular weight is 967 g/mol. The maximum atomic E-state index is 2.42. The second-order valence-electron chi connectivity index (χ2n) is 20.3. The Morgan fingerprint density at radius 1 is 0.237 bits per heavy atom. The Balaban J connectivity index is 0.861. The lowest BCUT2D eigenvalue weighted by Gasteiger charge is -2.35. The summed E-state index contributed by atoms with van der Waals surface area (Å²) in [5, 5.41) is 2.53. The predicted octanol–water partition coefficient (Wildman–Crippen LogP) is 18.6. The topological polar surface area (TPSA) is 8.17 Å². The van der Waals surface area contributed by atoms with Crippen molar-refractivity contribution in [2.45, 2.75) is 10.8 Å². The minimum atomic E-state index is -0.488. The molecule has 0 saturated heterocycles. The van der Waals surface area contributed by atoms with E-state index in [2.05, 4.69) is 313 Å². The van der Waals surface area contributed by atoms with E-state index >= 15 is 0 Å². The molecule has 2 heteroatoms. The van der Waals surface area contributed by atoms with Crippen LogP contribution in [-0.2, 0) is 10.8 Å². The summed E-state index contributed by atoms with van der Waals surface area (Å²) >= 11 is 0. The molecule has 0 radical (unpaired) electrons. The van der Waals surface area contributed by atoms with Crippen molar-refractivity contribution in [3.63, 3.8) is 0 Å². The Kier molecular flexibility index (Phi) is 10.0. The van der Waals surface area contributed by atoms with Crippen LogP contribution in [0.1, 0.15) is 44.5 Å². The van der Waals surface area contributed by atoms with Crippen LogP contribution in [0.2, 0.25) is 0 Å². The van der Waals surface area contributed by atoms with Crippen LogP contribution in [0.3, 0.4) is 0 Å². The van der Waals surface area contributed by atoms with Gasteiger partial charge < -0.3 is 9.47 Å². The number of benzene rings is 12. The summed E-state index contributed by atoms with van der Waals surface area (Å²) in [6.07, 6.45) is 0. The second-order valence-corrected chi connectivity index (χ2v) is 20.3. The van der Waals surface area contributed by atoms with E-state index in [1.54, 1.807) is 0 Å². The van der Waals surface area contributed by atoms with Gasteiger partial charge in [0.1, 0.15) is 0 Å². The van der Waals surface area contributed by atoms with E-state index in [4.69, 9.17) is 0 Å². The van der Waals surface area contributed by atoms with Crippen LogP contribution in [0, 0.1) is 0 Å². The van der Waals surface area contributed by atoms with Gasteiger partial charge in [-0.1, -0.05) is 243 Å². The van der Waals surface area contributed by atoms with Gasteiger partial charge in [0, 0.05) is 33.5 Å². The molecule has 2 aliphatic rings. The fourth-order valence-electron chi connectivity index (χ4n) is 13.4.